The number of hydrogen-bond acceptors (Lipinski definition) is 4. The molecule has 1 aromatic rings. The second-order valence-electron chi connectivity index (χ2n) is 7.27. The highest BCUT2D eigenvalue weighted by Crippen LogP contribution is 2.12. The average molecular weight is 390 g/mol. The van der Waals surface area contributed by atoms with Gasteiger partial charge in [0.2, 0.25) is 0 Å². The molecule has 0 bridgehead atoms. The third-order valence-corrected chi connectivity index (χ3v) is 5.35. The maximum atomic E-state index is 5.85. The molecule has 0 spiro atoms. The van der Waals surface area contributed by atoms with Crippen molar-refractivity contribution in [3.8, 4) is 5.75 Å². The number of nitrogens with one attached hydrogen (secondary N) is 2. The van der Waals surface area contributed by atoms with Gasteiger partial charge in [-0.3, -0.25) is 4.99 Å². The lowest BCUT2D eigenvalue weighted by Gasteiger charge is -2.26. The van der Waals surface area contributed by atoms with E-state index < -0.39 is 0 Å². The van der Waals surface area contributed by atoms with E-state index >= 15 is 0 Å². The van der Waals surface area contributed by atoms with Crippen molar-refractivity contribution in [3.05, 3.63) is 29.8 Å². The lowest BCUT2D eigenvalue weighted by molar-refractivity contribution is 0.223. The highest BCUT2D eigenvalue weighted by atomic mass is 16.5. The van der Waals surface area contributed by atoms with Crippen LogP contribution in [-0.2, 0) is 6.54 Å². The maximum absolute atomic E-state index is 5.85. The van der Waals surface area contributed by atoms with Gasteiger partial charge in [0.1, 0.15) is 12.4 Å². The molecule has 6 nitrogen and oxygen atoms in total. The molecule has 1 aromatic carbocycles. The molecule has 1 aliphatic rings. The van der Waals surface area contributed by atoms with Crippen LogP contribution in [0, 0.1) is 0 Å². The van der Waals surface area contributed by atoms with Gasteiger partial charge >= 0.3 is 0 Å². The predicted molar refractivity (Wildman–Crippen MR) is 118 cm³/mol. The van der Waals surface area contributed by atoms with Gasteiger partial charge in [-0.2, -0.15) is 0 Å². The van der Waals surface area contributed by atoms with Crippen molar-refractivity contribution in [2.24, 2.45) is 4.99 Å². The summed E-state index contributed by atoms with van der Waals surface area (Å²) in [6, 6.07) is 8.32. The second-order valence-corrected chi connectivity index (χ2v) is 7.27. The number of ether oxygens (including phenoxy) is 1. The van der Waals surface area contributed by atoms with Crippen LogP contribution in [0.3, 0.4) is 0 Å². The number of likely N-dealkylation sites (N-methyl/N-ethyl adjacent to an activating group) is 1. The molecule has 2 N–H and O–H groups in total. The SMILES string of the molecule is CCN(CC)CCOc1ccc(CNC(=NC)NCCN2CCCCC2)cc1. The fourth-order valence-corrected chi connectivity index (χ4v) is 3.46. The van der Waals surface area contributed by atoms with Crippen LogP contribution in [0.4, 0.5) is 0 Å². The standard InChI is InChI=1S/C22H39N5O/c1-4-26(5-2)17-18-28-21-11-9-20(10-12-21)19-25-22(23-3)24-13-16-27-14-7-6-8-15-27/h9-12H,4-8,13-19H2,1-3H3,(H2,23,24,25). The van der Waals surface area contributed by atoms with Crippen LogP contribution < -0.4 is 15.4 Å². The van der Waals surface area contributed by atoms with Crippen molar-refractivity contribution in [3.63, 3.8) is 0 Å². The van der Waals surface area contributed by atoms with Gasteiger partial charge in [0, 0.05) is 33.2 Å². The van der Waals surface area contributed by atoms with Crippen molar-refractivity contribution in [1.82, 2.24) is 20.4 Å². The first-order chi connectivity index (χ1) is 13.7. The Balaban J connectivity index is 1.65. The molecule has 0 saturated carbocycles. The van der Waals surface area contributed by atoms with Crippen LogP contribution in [0.1, 0.15) is 38.7 Å². The summed E-state index contributed by atoms with van der Waals surface area (Å²) in [7, 11) is 1.82. The van der Waals surface area contributed by atoms with E-state index in [1.165, 1.54) is 37.9 Å². The Bertz CT molecular complexity index is 551. The maximum Gasteiger partial charge on any atom is 0.191 e. The topological polar surface area (TPSA) is 52.1 Å². The molecule has 158 valence electrons. The molecule has 1 aliphatic heterocycles. The first-order valence-electron chi connectivity index (χ1n) is 10.9. The van der Waals surface area contributed by atoms with E-state index in [0.717, 1.165) is 57.6 Å². The number of likely N-dealkylation sites (tertiary alicyclic amines) is 1. The number of piperidine rings is 1. The summed E-state index contributed by atoms with van der Waals surface area (Å²) in [4.78, 5) is 9.22. The van der Waals surface area contributed by atoms with E-state index in [9.17, 15) is 0 Å². The van der Waals surface area contributed by atoms with Gasteiger partial charge in [0.05, 0.1) is 0 Å². The quantitative estimate of drug-likeness (QED) is 0.450. The van der Waals surface area contributed by atoms with Crippen molar-refractivity contribution in [2.75, 3.05) is 59.5 Å². The third-order valence-electron chi connectivity index (χ3n) is 5.35. The van der Waals surface area contributed by atoms with Gasteiger partial charge in [-0.1, -0.05) is 32.4 Å². The molecular formula is C22H39N5O. The number of benzene rings is 1. The van der Waals surface area contributed by atoms with Gasteiger partial charge < -0.3 is 25.2 Å². The van der Waals surface area contributed by atoms with Crippen molar-refractivity contribution < 1.29 is 4.74 Å². The molecule has 0 amide bonds. The van der Waals surface area contributed by atoms with Crippen LogP contribution in [0.15, 0.2) is 29.3 Å². The Kier molecular flexibility index (Phi) is 10.8. The largest absolute Gasteiger partial charge is 0.492 e. The number of aliphatic imine (C=N–C) groups is 1. The number of hydrogen-bond donors (Lipinski definition) is 2. The first kappa shape index (κ1) is 22.5. The molecule has 0 aromatic heterocycles. The van der Waals surface area contributed by atoms with Crippen LogP contribution in [-0.4, -0.2) is 75.2 Å². The Morgan fingerprint density at radius 1 is 1.07 bits per heavy atom. The van der Waals surface area contributed by atoms with Gasteiger partial charge in [-0.25, -0.2) is 0 Å². The van der Waals surface area contributed by atoms with E-state index in [0.29, 0.717) is 0 Å². The molecule has 1 saturated heterocycles. The first-order valence-corrected chi connectivity index (χ1v) is 10.9. The van der Waals surface area contributed by atoms with E-state index in [2.05, 4.69) is 51.4 Å². The lowest BCUT2D eigenvalue weighted by atomic mass is 10.1. The van der Waals surface area contributed by atoms with Crippen molar-refractivity contribution in [2.45, 2.75) is 39.7 Å². The predicted octanol–water partition coefficient (Wildman–Crippen LogP) is 2.56. The summed E-state index contributed by atoms with van der Waals surface area (Å²) in [5, 5.41) is 6.80. The van der Waals surface area contributed by atoms with E-state index in [1.54, 1.807) is 0 Å². The zero-order chi connectivity index (χ0) is 20.0. The smallest absolute Gasteiger partial charge is 0.191 e. The summed E-state index contributed by atoms with van der Waals surface area (Å²) in [5.74, 6) is 1.79. The van der Waals surface area contributed by atoms with Gasteiger partial charge in [0.25, 0.3) is 0 Å². The zero-order valence-corrected chi connectivity index (χ0v) is 18.0. The van der Waals surface area contributed by atoms with Crippen molar-refractivity contribution in [1.29, 1.82) is 0 Å². The number of nitrogens with zero attached hydrogens (tertiary/aromatic N) is 3. The van der Waals surface area contributed by atoms with E-state index in [1.807, 2.05) is 19.2 Å². The molecule has 0 atom stereocenters. The molecule has 6 heteroatoms. The van der Waals surface area contributed by atoms with E-state index in [-0.39, 0.29) is 0 Å². The number of rotatable bonds is 11. The summed E-state index contributed by atoms with van der Waals surface area (Å²) in [6.07, 6.45) is 4.05. The summed E-state index contributed by atoms with van der Waals surface area (Å²) >= 11 is 0. The monoisotopic (exact) mass is 389 g/mol. The Morgan fingerprint density at radius 3 is 2.43 bits per heavy atom. The highest BCUT2D eigenvalue weighted by molar-refractivity contribution is 5.79. The molecular weight excluding hydrogens is 350 g/mol. The summed E-state index contributed by atoms with van der Waals surface area (Å²) < 4.78 is 5.85. The highest BCUT2D eigenvalue weighted by Gasteiger charge is 2.09. The molecule has 0 aliphatic carbocycles. The van der Waals surface area contributed by atoms with Crippen LogP contribution in [0.2, 0.25) is 0 Å². The van der Waals surface area contributed by atoms with E-state index in [4.69, 9.17) is 4.74 Å². The van der Waals surface area contributed by atoms with Crippen LogP contribution in [0.25, 0.3) is 0 Å². The van der Waals surface area contributed by atoms with Gasteiger partial charge in [-0.15, -0.1) is 0 Å². The minimum Gasteiger partial charge on any atom is -0.492 e. The zero-order valence-electron chi connectivity index (χ0n) is 18.0. The van der Waals surface area contributed by atoms with Crippen molar-refractivity contribution >= 4 is 5.96 Å². The molecule has 1 fully saturated rings. The van der Waals surface area contributed by atoms with Gasteiger partial charge in [0.15, 0.2) is 5.96 Å². The second kappa shape index (κ2) is 13.4. The fourth-order valence-electron chi connectivity index (χ4n) is 3.46. The minimum absolute atomic E-state index is 0.729. The molecule has 2 rings (SSSR count). The molecule has 1 heterocycles. The van der Waals surface area contributed by atoms with Crippen LogP contribution >= 0.6 is 0 Å². The Hall–Kier alpha value is -1.79. The molecule has 0 radical (unpaired) electrons. The average Bonchev–Trinajstić information content (AvgIpc) is 2.75. The minimum atomic E-state index is 0.729. The van der Waals surface area contributed by atoms with Crippen LogP contribution in [0.5, 0.6) is 5.75 Å². The number of guanidine groups is 1. The Morgan fingerprint density at radius 2 is 1.79 bits per heavy atom. The Labute approximate surface area is 171 Å². The fraction of sp³-hybridized carbons (Fsp3) is 0.682. The summed E-state index contributed by atoms with van der Waals surface area (Å²) in [5.41, 5.74) is 1.22. The molecule has 0 unspecified atom stereocenters. The normalized spacial score (nSPS) is 15.6. The lowest BCUT2D eigenvalue weighted by Crippen LogP contribution is -2.42. The third kappa shape index (κ3) is 8.48. The van der Waals surface area contributed by atoms with Gasteiger partial charge in [-0.05, 0) is 56.7 Å². The molecule has 28 heavy (non-hydrogen) atoms. The summed E-state index contributed by atoms with van der Waals surface area (Å²) in [6.45, 7) is 13.4.